The van der Waals surface area contributed by atoms with Gasteiger partial charge in [-0.25, -0.2) is 8.42 Å². The van der Waals surface area contributed by atoms with Gasteiger partial charge in [-0.1, -0.05) is 44.2 Å². The van der Waals surface area contributed by atoms with E-state index >= 15 is 0 Å². The van der Waals surface area contributed by atoms with Crippen LogP contribution in [-0.2, 0) is 32.2 Å². The zero-order valence-electron chi connectivity index (χ0n) is 22.1. The summed E-state index contributed by atoms with van der Waals surface area (Å²) in [4.78, 5) is 14.5. The van der Waals surface area contributed by atoms with Crippen LogP contribution in [0.2, 0.25) is 0 Å². The normalized spacial score (nSPS) is 16.8. The first-order valence-electron chi connectivity index (χ1n) is 12.8. The Kier molecular flexibility index (Phi) is 10.9. The average Bonchev–Trinajstić information content (AvgIpc) is 2.88. The number of hydrogen-bond acceptors (Lipinski definition) is 6. The smallest absolute Gasteiger partial charge is 0.390 e. The number of nitrogens with zero attached hydrogens (tertiary/aromatic N) is 2. The Morgan fingerprint density at radius 1 is 1.05 bits per heavy atom. The van der Waals surface area contributed by atoms with Gasteiger partial charge in [0, 0.05) is 26.2 Å². The van der Waals surface area contributed by atoms with Crippen LogP contribution in [0.25, 0.3) is 0 Å². The van der Waals surface area contributed by atoms with E-state index < -0.39 is 33.9 Å². The van der Waals surface area contributed by atoms with Gasteiger partial charge in [0.05, 0.1) is 42.4 Å². The number of hydrogen-bond donors (Lipinski definition) is 2. The quantitative estimate of drug-likeness (QED) is 0.407. The first-order valence-corrected chi connectivity index (χ1v) is 14.3. The summed E-state index contributed by atoms with van der Waals surface area (Å²) in [6.07, 6.45) is -5.63. The lowest BCUT2D eigenvalue weighted by atomic mass is 10.0. The van der Waals surface area contributed by atoms with E-state index in [-0.39, 0.29) is 42.8 Å². The number of alkyl halides is 3. The molecule has 1 fully saturated rings. The molecule has 12 heteroatoms. The Labute approximate surface area is 227 Å². The van der Waals surface area contributed by atoms with Gasteiger partial charge in [0.2, 0.25) is 15.9 Å². The molecule has 2 N–H and O–H groups in total. The summed E-state index contributed by atoms with van der Waals surface area (Å²) < 4.78 is 72.3. The van der Waals surface area contributed by atoms with Gasteiger partial charge in [0.15, 0.2) is 0 Å². The lowest BCUT2D eigenvalue weighted by Gasteiger charge is -2.32. The van der Waals surface area contributed by atoms with Gasteiger partial charge in [0.1, 0.15) is 0 Å². The Morgan fingerprint density at radius 3 is 2.23 bits per heavy atom. The molecule has 1 aliphatic rings. The fourth-order valence-corrected chi connectivity index (χ4v) is 5.97. The second kappa shape index (κ2) is 13.7. The molecule has 216 valence electrons. The summed E-state index contributed by atoms with van der Waals surface area (Å²) in [6, 6.07) is 11.7. The van der Waals surface area contributed by atoms with Crippen molar-refractivity contribution >= 4 is 15.9 Å². The molecule has 0 aliphatic carbocycles. The molecule has 1 saturated heterocycles. The van der Waals surface area contributed by atoms with Crippen LogP contribution >= 0.6 is 0 Å². The number of halogens is 3. The van der Waals surface area contributed by atoms with Crippen molar-refractivity contribution in [2.45, 2.75) is 43.5 Å². The number of sulfonamides is 1. The maximum absolute atomic E-state index is 13.5. The lowest BCUT2D eigenvalue weighted by molar-refractivity contribution is -0.137. The molecule has 1 amide bonds. The Hall–Kier alpha value is -2.51. The van der Waals surface area contributed by atoms with E-state index in [9.17, 15) is 31.5 Å². The summed E-state index contributed by atoms with van der Waals surface area (Å²) in [7, 11) is -4.24. The third-order valence-corrected chi connectivity index (χ3v) is 8.20. The van der Waals surface area contributed by atoms with Gasteiger partial charge in [-0.2, -0.15) is 17.5 Å². The van der Waals surface area contributed by atoms with Crippen molar-refractivity contribution in [3.05, 3.63) is 65.7 Å². The fraction of sp³-hybridized carbons (Fsp3) is 0.519. The first kappa shape index (κ1) is 31.0. The van der Waals surface area contributed by atoms with Crippen LogP contribution in [0.4, 0.5) is 13.2 Å². The summed E-state index contributed by atoms with van der Waals surface area (Å²) in [5.41, 5.74) is -0.114. The molecule has 2 aromatic carbocycles. The predicted octanol–water partition coefficient (Wildman–Crippen LogP) is 2.77. The topological polar surface area (TPSA) is 99.2 Å². The number of amides is 1. The fourth-order valence-electron chi connectivity index (χ4n) is 4.34. The van der Waals surface area contributed by atoms with Crippen molar-refractivity contribution in [1.82, 2.24) is 14.5 Å². The molecule has 0 radical (unpaired) electrons. The van der Waals surface area contributed by atoms with Gasteiger partial charge in [0.25, 0.3) is 0 Å². The Bertz CT molecular complexity index is 1160. The average molecular weight is 572 g/mol. The van der Waals surface area contributed by atoms with Crippen molar-refractivity contribution < 1.29 is 36.2 Å². The Balaban J connectivity index is 1.81. The van der Waals surface area contributed by atoms with Gasteiger partial charge >= 0.3 is 6.18 Å². The zero-order chi connectivity index (χ0) is 28.6. The highest BCUT2D eigenvalue weighted by molar-refractivity contribution is 7.89. The molecule has 0 bridgehead atoms. The number of carbonyl (C=O) groups is 1. The second-order valence-corrected chi connectivity index (χ2v) is 12.0. The highest BCUT2D eigenvalue weighted by Gasteiger charge is 2.34. The number of aliphatic hydroxyl groups is 1. The SMILES string of the molecule is CC(C)CN(C[C@@H](O)[C@H](Cc1ccccc1)NC(=O)CN1CCOCC1)S(=O)(=O)c1ccc(C(F)(F)F)cc1. The summed E-state index contributed by atoms with van der Waals surface area (Å²) in [5.74, 6) is -0.442. The van der Waals surface area contributed by atoms with E-state index in [0.29, 0.717) is 26.3 Å². The van der Waals surface area contributed by atoms with Crippen LogP contribution in [0.5, 0.6) is 0 Å². The molecule has 0 spiro atoms. The predicted molar refractivity (Wildman–Crippen MR) is 140 cm³/mol. The molecule has 1 aliphatic heterocycles. The molecule has 0 saturated carbocycles. The largest absolute Gasteiger partial charge is 0.416 e. The van der Waals surface area contributed by atoms with Crippen molar-refractivity contribution in [1.29, 1.82) is 0 Å². The minimum Gasteiger partial charge on any atom is -0.390 e. The standard InChI is InChI=1S/C27H36F3N3O5S/c1-20(2)17-33(39(36,37)23-10-8-22(9-11-23)27(28,29)30)18-25(34)24(16-21-6-4-3-5-7-21)31-26(35)19-32-12-14-38-15-13-32/h3-11,20,24-25,34H,12-19H2,1-2H3,(H,31,35)/t24-,25+/m0/s1. The molecular weight excluding hydrogens is 535 g/mol. The number of nitrogens with one attached hydrogen (secondary N) is 1. The molecule has 39 heavy (non-hydrogen) atoms. The first-order chi connectivity index (χ1) is 18.4. The van der Waals surface area contributed by atoms with Crippen LogP contribution in [0.15, 0.2) is 59.5 Å². The van der Waals surface area contributed by atoms with E-state index in [1.807, 2.05) is 35.2 Å². The van der Waals surface area contributed by atoms with Crippen molar-refractivity contribution in [3.8, 4) is 0 Å². The lowest BCUT2D eigenvalue weighted by Crippen LogP contribution is -2.53. The zero-order valence-corrected chi connectivity index (χ0v) is 22.9. The van der Waals surface area contributed by atoms with Crippen LogP contribution in [0.1, 0.15) is 25.0 Å². The van der Waals surface area contributed by atoms with E-state index in [4.69, 9.17) is 4.74 Å². The minimum atomic E-state index is -4.60. The summed E-state index contributed by atoms with van der Waals surface area (Å²) in [5, 5.41) is 14.1. The number of carbonyl (C=O) groups excluding carboxylic acids is 1. The molecule has 1 heterocycles. The van der Waals surface area contributed by atoms with Crippen LogP contribution in [0, 0.1) is 5.92 Å². The maximum atomic E-state index is 13.5. The second-order valence-electron chi connectivity index (χ2n) is 10.1. The molecule has 0 unspecified atom stereocenters. The highest BCUT2D eigenvalue weighted by Crippen LogP contribution is 2.30. The van der Waals surface area contributed by atoms with Crippen molar-refractivity contribution in [3.63, 3.8) is 0 Å². The van der Waals surface area contributed by atoms with Gasteiger partial charge in [-0.15, -0.1) is 0 Å². The monoisotopic (exact) mass is 571 g/mol. The highest BCUT2D eigenvalue weighted by atomic mass is 32.2. The van der Waals surface area contributed by atoms with E-state index in [1.54, 1.807) is 13.8 Å². The van der Waals surface area contributed by atoms with E-state index in [1.165, 1.54) is 0 Å². The molecule has 3 rings (SSSR count). The summed E-state index contributed by atoms with van der Waals surface area (Å²) in [6.45, 7) is 5.64. The van der Waals surface area contributed by atoms with Gasteiger partial charge < -0.3 is 15.2 Å². The number of morpholine rings is 1. The third kappa shape index (κ3) is 9.28. The molecule has 2 atom stereocenters. The number of rotatable bonds is 12. The number of ether oxygens (including phenoxy) is 1. The van der Waals surface area contributed by atoms with Gasteiger partial charge in [-0.05, 0) is 42.2 Å². The number of benzene rings is 2. The van der Waals surface area contributed by atoms with E-state index in [0.717, 1.165) is 34.1 Å². The molecular formula is C27H36F3N3O5S. The van der Waals surface area contributed by atoms with Crippen LogP contribution in [0.3, 0.4) is 0 Å². The van der Waals surface area contributed by atoms with Crippen LogP contribution < -0.4 is 5.32 Å². The molecule has 0 aromatic heterocycles. The Morgan fingerprint density at radius 2 is 1.67 bits per heavy atom. The maximum Gasteiger partial charge on any atom is 0.416 e. The van der Waals surface area contributed by atoms with Crippen LogP contribution in [-0.4, -0.2) is 86.7 Å². The molecule has 2 aromatic rings. The third-order valence-electron chi connectivity index (χ3n) is 6.36. The molecule has 8 nitrogen and oxygen atoms in total. The summed E-state index contributed by atoms with van der Waals surface area (Å²) >= 11 is 0. The number of aliphatic hydroxyl groups excluding tert-OH is 1. The minimum absolute atomic E-state index is 0.0280. The van der Waals surface area contributed by atoms with E-state index in [2.05, 4.69) is 5.32 Å². The van der Waals surface area contributed by atoms with Gasteiger partial charge in [-0.3, -0.25) is 9.69 Å². The van der Waals surface area contributed by atoms with Crippen molar-refractivity contribution in [2.24, 2.45) is 5.92 Å². The van der Waals surface area contributed by atoms with Crippen molar-refractivity contribution in [2.75, 3.05) is 45.9 Å².